The van der Waals surface area contributed by atoms with E-state index in [0.717, 1.165) is 52.3 Å². The van der Waals surface area contributed by atoms with Crippen LogP contribution in [0.2, 0.25) is 0 Å². The Morgan fingerprint density at radius 3 is 2.82 bits per heavy atom. The highest BCUT2D eigenvalue weighted by Gasteiger charge is 2.30. The second-order valence-corrected chi connectivity index (χ2v) is 8.60. The van der Waals surface area contributed by atoms with Gasteiger partial charge >= 0.3 is 0 Å². The molecule has 2 heterocycles. The van der Waals surface area contributed by atoms with Gasteiger partial charge < -0.3 is 15.5 Å². The van der Waals surface area contributed by atoms with E-state index in [1.165, 1.54) is 6.07 Å². The highest BCUT2D eigenvalue weighted by atomic mass is 19.1. The van der Waals surface area contributed by atoms with Gasteiger partial charge in [-0.3, -0.25) is 4.98 Å². The molecule has 0 amide bonds. The fraction of sp³-hybridized carbons (Fsp3) is 0.360. The molecule has 1 aliphatic rings. The summed E-state index contributed by atoms with van der Waals surface area (Å²) in [6, 6.07) is 8.70. The lowest BCUT2D eigenvalue weighted by Gasteiger charge is -2.28. The number of oxime groups is 1. The molecular weight excluding hydrogens is 419 g/mol. The summed E-state index contributed by atoms with van der Waals surface area (Å²) < 4.78 is 14.2. The topological polar surface area (TPSA) is 89.5 Å². The molecule has 1 unspecified atom stereocenters. The van der Waals surface area contributed by atoms with Crippen molar-refractivity contribution in [2.45, 2.75) is 32.1 Å². The van der Waals surface area contributed by atoms with Crippen molar-refractivity contribution in [1.29, 1.82) is 0 Å². The van der Waals surface area contributed by atoms with Crippen LogP contribution in [0.3, 0.4) is 0 Å². The predicted molar refractivity (Wildman–Crippen MR) is 128 cm³/mol. The molecule has 7 nitrogen and oxygen atoms in total. The van der Waals surface area contributed by atoms with Crippen molar-refractivity contribution in [2.75, 3.05) is 33.0 Å². The van der Waals surface area contributed by atoms with E-state index in [1.54, 1.807) is 18.5 Å². The van der Waals surface area contributed by atoms with E-state index in [-0.39, 0.29) is 17.7 Å². The molecule has 1 atom stereocenters. The van der Waals surface area contributed by atoms with E-state index in [9.17, 15) is 4.39 Å². The second kappa shape index (κ2) is 10.0. The molecule has 172 valence electrons. The number of halogens is 1. The Hall–Kier alpha value is -3.39. The first-order chi connectivity index (χ1) is 15.9. The van der Waals surface area contributed by atoms with Gasteiger partial charge in [-0.1, -0.05) is 17.3 Å². The van der Waals surface area contributed by atoms with Crippen LogP contribution >= 0.6 is 0 Å². The number of rotatable bonds is 7. The highest BCUT2D eigenvalue weighted by molar-refractivity contribution is 6.03. The van der Waals surface area contributed by atoms with Crippen LogP contribution in [0.5, 0.6) is 0 Å². The zero-order valence-electron chi connectivity index (χ0n) is 19.3. The van der Waals surface area contributed by atoms with Crippen LogP contribution in [0.4, 0.5) is 10.3 Å². The summed E-state index contributed by atoms with van der Waals surface area (Å²) in [5.74, 6) is -0.00906. The fourth-order valence-electron chi connectivity index (χ4n) is 4.35. The van der Waals surface area contributed by atoms with Crippen molar-refractivity contribution >= 4 is 11.7 Å². The van der Waals surface area contributed by atoms with E-state index in [4.69, 9.17) is 10.6 Å². The van der Waals surface area contributed by atoms with Gasteiger partial charge in [0.1, 0.15) is 12.4 Å². The van der Waals surface area contributed by atoms with E-state index in [0.29, 0.717) is 19.4 Å². The maximum absolute atomic E-state index is 14.2. The van der Waals surface area contributed by atoms with Crippen LogP contribution < -0.4 is 5.73 Å². The summed E-state index contributed by atoms with van der Waals surface area (Å²) in [7, 11) is 4.06. The highest BCUT2D eigenvalue weighted by Crippen LogP contribution is 2.38. The van der Waals surface area contributed by atoms with Crippen molar-refractivity contribution in [3.63, 3.8) is 0 Å². The number of aryl methyl sites for hydroxylation is 1. The van der Waals surface area contributed by atoms with Gasteiger partial charge in [0, 0.05) is 36.5 Å². The van der Waals surface area contributed by atoms with Crippen molar-refractivity contribution in [3.05, 3.63) is 71.1 Å². The van der Waals surface area contributed by atoms with Crippen molar-refractivity contribution in [3.8, 4) is 11.1 Å². The molecule has 8 heteroatoms. The third kappa shape index (κ3) is 5.34. The number of nitrogens with zero attached hydrogens (tertiary/aromatic N) is 5. The van der Waals surface area contributed by atoms with E-state index in [1.807, 2.05) is 39.2 Å². The largest absolute Gasteiger partial charge is 0.396 e. The standard InChI is InChI=1S/C25H29FN6O/c1-16-24-22(30-25(27)29-16)12-18(13-23(24)31-33-11-5-10-32(2)3)20-8-7-19(26)14-21(20)17-6-4-9-28-15-17/h4,6-9,14-15,18H,5,10-13H2,1-3H3,(H2,27,29,30)/b31-23+. The van der Waals surface area contributed by atoms with Crippen LogP contribution in [0, 0.1) is 12.7 Å². The van der Waals surface area contributed by atoms with E-state index >= 15 is 0 Å². The Morgan fingerprint density at radius 2 is 2.06 bits per heavy atom. The molecule has 1 aliphatic carbocycles. The van der Waals surface area contributed by atoms with Gasteiger partial charge in [-0.25, -0.2) is 14.4 Å². The van der Waals surface area contributed by atoms with Gasteiger partial charge in [0.15, 0.2) is 0 Å². The second-order valence-electron chi connectivity index (χ2n) is 8.60. The average molecular weight is 449 g/mol. The summed E-state index contributed by atoms with van der Waals surface area (Å²) in [6.45, 7) is 3.36. The summed E-state index contributed by atoms with van der Waals surface area (Å²) in [6.07, 6.45) is 5.62. The monoisotopic (exact) mass is 448 g/mol. The number of nitrogens with two attached hydrogens (primary N) is 1. The minimum Gasteiger partial charge on any atom is -0.396 e. The maximum atomic E-state index is 14.2. The molecule has 0 radical (unpaired) electrons. The number of anilines is 1. The molecule has 0 aliphatic heterocycles. The minimum absolute atomic E-state index is 0.0335. The average Bonchev–Trinajstić information content (AvgIpc) is 2.78. The van der Waals surface area contributed by atoms with Gasteiger partial charge in [0.05, 0.1) is 17.1 Å². The van der Waals surface area contributed by atoms with E-state index < -0.39 is 0 Å². The lowest BCUT2D eigenvalue weighted by atomic mass is 9.78. The molecule has 0 saturated heterocycles. The molecule has 33 heavy (non-hydrogen) atoms. The first-order valence-corrected chi connectivity index (χ1v) is 11.1. The van der Waals surface area contributed by atoms with Gasteiger partial charge in [-0.2, -0.15) is 0 Å². The van der Waals surface area contributed by atoms with Gasteiger partial charge in [0.2, 0.25) is 5.95 Å². The number of fused-ring (bicyclic) bond motifs is 1. The molecular formula is C25H29FN6O. The van der Waals surface area contributed by atoms with Gasteiger partial charge in [0.25, 0.3) is 0 Å². The predicted octanol–water partition coefficient (Wildman–Crippen LogP) is 3.97. The Balaban J connectivity index is 1.70. The first-order valence-electron chi connectivity index (χ1n) is 11.1. The van der Waals surface area contributed by atoms with Crippen molar-refractivity contribution in [1.82, 2.24) is 19.9 Å². The van der Waals surface area contributed by atoms with Crippen LogP contribution in [0.15, 0.2) is 47.9 Å². The third-order valence-corrected chi connectivity index (χ3v) is 5.79. The summed E-state index contributed by atoms with van der Waals surface area (Å²) >= 11 is 0. The molecule has 0 saturated carbocycles. The van der Waals surface area contributed by atoms with Crippen LogP contribution in [-0.4, -0.2) is 52.8 Å². The quantitative estimate of drug-likeness (QED) is 0.435. The van der Waals surface area contributed by atoms with Crippen molar-refractivity contribution < 1.29 is 9.23 Å². The number of hydrogen-bond acceptors (Lipinski definition) is 7. The zero-order chi connectivity index (χ0) is 23.4. The molecule has 3 aromatic rings. The SMILES string of the molecule is Cc1nc(N)nc2c1/C(=N/OCCCN(C)C)CC(c1ccc(F)cc1-c1cccnc1)C2. The first kappa shape index (κ1) is 22.8. The normalized spacial score (nSPS) is 16.8. The van der Waals surface area contributed by atoms with Gasteiger partial charge in [-0.05, 0) is 69.1 Å². The molecule has 0 fully saturated rings. The smallest absolute Gasteiger partial charge is 0.220 e. The van der Waals surface area contributed by atoms with Crippen molar-refractivity contribution in [2.24, 2.45) is 5.16 Å². The Labute approximate surface area is 193 Å². The fourth-order valence-corrected chi connectivity index (χ4v) is 4.35. The van der Waals surface area contributed by atoms with E-state index in [2.05, 4.69) is 25.0 Å². The maximum Gasteiger partial charge on any atom is 0.220 e. The number of aromatic nitrogens is 3. The molecule has 2 N–H and O–H groups in total. The summed E-state index contributed by atoms with van der Waals surface area (Å²) in [4.78, 5) is 20.9. The molecule has 4 rings (SSSR count). The van der Waals surface area contributed by atoms with Crippen LogP contribution in [0.1, 0.15) is 41.3 Å². The molecule has 0 bridgehead atoms. The summed E-state index contributed by atoms with van der Waals surface area (Å²) in [5, 5.41) is 4.50. The number of benzene rings is 1. The Morgan fingerprint density at radius 1 is 1.21 bits per heavy atom. The number of pyridine rings is 1. The molecule has 0 spiro atoms. The number of hydrogen-bond donors (Lipinski definition) is 1. The summed E-state index contributed by atoms with van der Waals surface area (Å²) in [5.41, 5.74) is 12.0. The third-order valence-electron chi connectivity index (χ3n) is 5.79. The zero-order valence-corrected chi connectivity index (χ0v) is 19.3. The van der Waals surface area contributed by atoms with Gasteiger partial charge in [-0.15, -0.1) is 0 Å². The number of nitrogen functional groups attached to an aromatic ring is 1. The lowest BCUT2D eigenvalue weighted by Crippen LogP contribution is -2.24. The van der Waals surface area contributed by atoms with Crippen LogP contribution in [0.25, 0.3) is 11.1 Å². The lowest BCUT2D eigenvalue weighted by molar-refractivity contribution is 0.134. The molecule has 2 aromatic heterocycles. The Bertz CT molecular complexity index is 1150. The Kier molecular flexibility index (Phi) is 6.93. The molecule has 1 aromatic carbocycles. The minimum atomic E-state index is -0.283. The van der Waals surface area contributed by atoms with Crippen LogP contribution in [-0.2, 0) is 11.3 Å².